The second-order valence-corrected chi connectivity index (χ2v) is 14.8. The Morgan fingerprint density at radius 1 is 1.09 bits per heavy atom. The summed E-state index contributed by atoms with van der Waals surface area (Å²) in [4.78, 5) is 33.9. The molecule has 2 unspecified atom stereocenters. The lowest BCUT2D eigenvalue weighted by Gasteiger charge is -2.31. The number of nitrogens with two attached hydrogens (primary N) is 2. The van der Waals surface area contributed by atoms with Gasteiger partial charge in [-0.1, -0.05) is 19.1 Å². The minimum Gasteiger partial charge on any atom is -0.398 e. The van der Waals surface area contributed by atoms with Crippen molar-refractivity contribution < 1.29 is 17.9 Å². The summed E-state index contributed by atoms with van der Waals surface area (Å²) in [7, 11) is -3.70. The SMILES string of the molecule is CC1CCN(c2ncc(C(N)=O)cn2)CCCC1S(=O)(=O)c1cc2nc(-c3cccc(N)c3C=N)nc(N3CCOCC3)c2s1. The van der Waals surface area contributed by atoms with E-state index in [0.717, 1.165) is 0 Å². The first-order valence-corrected chi connectivity index (χ1v) is 17.2. The summed E-state index contributed by atoms with van der Waals surface area (Å²) in [5.41, 5.74) is 13.8. The van der Waals surface area contributed by atoms with Crippen LogP contribution in [0.4, 0.5) is 17.5 Å². The van der Waals surface area contributed by atoms with Gasteiger partial charge in [-0.3, -0.25) is 4.79 Å². The standard InChI is InChI=1S/C30H35N9O4S2/c1-18-7-9-39(30-34-16-19(17-35-30)27(33)40)8-3-6-24(18)45(41,42)25-14-23-26(44-25)29(38-10-12-43-13-11-38)37-28(36-23)20-4-2-5-22(32)21(20)15-31/h2,4-5,14-18,24,31H,3,6-13,32H2,1H3,(H2,33,40). The van der Waals surface area contributed by atoms with Gasteiger partial charge in [0.15, 0.2) is 21.5 Å². The molecule has 1 aromatic carbocycles. The van der Waals surface area contributed by atoms with Crippen LogP contribution in [0.5, 0.6) is 0 Å². The van der Waals surface area contributed by atoms with Gasteiger partial charge in [0.25, 0.3) is 5.91 Å². The summed E-state index contributed by atoms with van der Waals surface area (Å²) in [5, 5.41) is 7.37. The Balaban J connectivity index is 1.32. The first-order chi connectivity index (χ1) is 21.7. The minimum absolute atomic E-state index is 0.129. The van der Waals surface area contributed by atoms with Crippen molar-refractivity contribution >= 4 is 61.0 Å². The topological polar surface area (TPSA) is 194 Å². The Labute approximate surface area is 265 Å². The Hall–Kier alpha value is -4.21. The van der Waals surface area contributed by atoms with E-state index in [4.69, 9.17) is 31.6 Å². The van der Waals surface area contributed by atoms with Gasteiger partial charge in [0.05, 0.1) is 34.2 Å². The Morgan fingerprint density at radius 3 is 2.56 bits per heavy atom. The Bertz CT molecular complexity index is 1840. The third kappa shape index (κ3) is 6.07. The van der Waals surface area contributed by atoms with Crippen LogP contribution in [0.1, 0.15) is 42.1 Å². The molecule has 0 aliphatic carbocycles. The van der Waals surface area contributed by atoms with E-state index in [1.165, 1.54) is 29.9 Å². The van der Waals surface area contributed by atoms with E-state index in [0.29, 0.717) is 103 Å². The molecule has 236 valence electrons. The van der Waals surface area contributed by atoms with E-state index >= 15 is 0 Å². The van der Waals surface area contributed by atoms with E-state index in [2.05, 4.69) is 14.9 Å². The van der Waals surface area contributed by atoms with Crippen molar-refractivity contribution in [2.45, 2.75) is 35.6 Å². The fourth-order valence-electron chi connectivity index (χ4n) is 5.93. The van der Waals surface area contributed by atoms with Gasteiger partial charge in [0.2, 0.25) is 5.95 Å². The van der Waals surface area contributed by atoms with E-state index in [1.807, 2.05) is 17.9 Å². The number of anilines is 3. The molecule has 6 rings (SSSR count). The summed E-state index contributed by atoms with van der Waals surface area (Å²) < 4.78 is 35.1. The Kier molecular flexibility index (Phi) is 8.66. The van der Waals surface area contributed by atoms with Crippen LogP contribution in [-0.2, 0) is 14.6 Å². The number of amides is 1. The number of benzene rings is 1. The van der Waals surface area contributed by atoms with Crippen molar-refractivity contribution in [2.24, 2.45) is 11.7 Å². The van der Waals surface area contributed by atoms with Gasteiger partial charge in [0.1, 0.15) is 4.21 Å². The number of aromatic nitrogens is 4. The molecule has 2 atom stereocenters. The number of rotatable bonds is 7. The fourth-order valence-corrected chi connectivity index (χ4v) is 9.66. The average Bonchev–Trinajstić information content (AvgIpc) is 3.48. The lowest BCUT2D eigenvalue weighted by Crippen LogP contribution is -2.37. The number of nitrogens with one attached hydrogen (secondary N) is 1. The van der Waals surface area contributed by atoms with Crippen molar-refractivity contribution in [3.63, 3.8) is 0 Å². The second-order valence-electron chi connectivity index (χ2n) is 11.3. The maximum absolute atomic E-state index is 14.3. The van der Waals surface area contributed by atoms with E-state index < -0.39 is 21.0 Å². The lowest BCUT2D eigenvalue weighted by molar-refractivity contribution is 0.0999. The molecule has 45 heavy (non-hydrogen) atoms. The highest BCUT2D eigenvalue weighted by atomic mass is 32.2. The van der Waals surface area contributed by atoms with Gasteiger partial charge in [0, 0.05) is 61.6 Å². The summed E-state index contributed by atoms with van der Waals surface area (Å²) in [6.07, 6.45) is 5.76. The second kappa shape index (κ2) is 12.7. The molecule has 5 N–H and O–H groups in total. The zero-order valence-electron chi connectivity index (χ0n) is 24.8. The van der Waals surface area contributed by atoms with E-state index in [1.54, 1.807) is 18.2 Å². The van der Waals surface area contributed by atoms with Crippen molar-refractivity contribution in [3.05, 3.63) is 47.8 Å². The zero-order valence-corrected chi connectivity index (χ0v) is 26.5. The molecule has 2 saturated heterocycles. The first-order valence-electron chi connectivity index (χ1n) is 14.8. The van der Waals surface area contributed by atoms with Crippen LogP contribution < -0.4 is 21.3 Å². The van der Waals surface area contributed by atoms with Crippen molar-refractivity contribution in [2.75, 3.05) is 54.9 Å². The minimum atomic E-state index is -3.70. The quantitative estimate of drug-likeness (QED) is 0.197. The first kappa shape index (κ1) is 30.8. The molecule has 1 amide bonds. The van der Waals surface area contributed by atoms with Crippen LogP contribution in [0.2, 0.25) is 0 Å². The number of primary amides is 1. The summed E-state index contributed by atoms with van der Waals surface area (Å²) in [6, 6.07) is 7.01. The predicted molar refractivity (Wildman–Crippen MR) is 175 cm³/mol. The largest absolute Gasteiger partial charge is 0.398 e. The van der Waals surface area contributed by atoms with Gasteiger partial charge >= 0.3 is 0 Å². The summed E-state index contributed by atoms with van der Waals surface area (Å²) in [5.74, 6) is 0.830. The molecule has 4 aromatic rings. The number of hydrogen-bond donors (Lipinski definition) is 3. The van der Waals surface area contributed by atoms with E-state index in [9.17, 15) is 13.2 Å². The number of thiophene rings is 1. The lowest BCUT2D eigenvalue weighted by atomic mass is 9.97. The third-order valence-electron chi connectivity index (χ3n) is 8.46. The highest BCUT2D eigenvalue weighted by molar-refractivity contribution is 7.94. The average molecular weight is 650 g/mol. The molecule has 0 bridgehead atoms. The molecule has 2 aliphatic heterocycles. The number of carbonyl (C=O) groups excluding carboxylic acids is 1. The van der Waals surface area contributed by atoms with Crippen LogP contribution in [0.25, 0.3) is 21.6 Å². The van der Waals surface area contributed by atoms with E-state index in [-0.39, 0.29) is 15.7 Å². The number of hydrogen-bond acceptors (Lipinski definition) is 13. The fraction of sp³-hybridized carbons (Fsp3) is 0.400. The molecule has 13 nitrogen and oxygen atoms in total. The number of nitrogen functional groups attached to an aromatic ring is 1. The molecule has 3 aromatic heterocycles. The maximum atomic E-state index is 14.3. The molecule has 15 heteroatoms. The number of fused-ring (bicyclic) bond motifs is 1. The van der Waals surface area contributed by atoms with Gasteiger partial charge in [-0.15, -0.1) is 11.3 Å². The van der Waals surface area contributed by atoms with Crippen molar-refractivity contribution in [1.82, 2.24) is 19.9 Å². The van der Waals surface area contributed by atoms with Gasteiger partial charge in [-0.05, 0) is 37.3 Å². The van der Waals surface area contributed by atoms with Gasteiger partial charge in [-0.2, -0.15) is 0 Å². The molecular formula is C30H35N9O4S2. The van der Waals surface area contributed by atoms with Crippen LogP contribution in [-0.4, -0.2) is 85.1 Å². The molecule has 0 saturated carbocycles. The number of carbonyl (C=O) groups is 1. The predicted octanol–water partition coefficient (Wildman–Crippen LogP) is 3.13. The smallest absolute Gasteiger partial charge is 0.251 e. The number of ether oxygens (including phenoxy) is 1. The van der Waals surface area contributed by atoms with Crippen molar-refractivity contribution in [1.29, 1.82) is 5.41 Å². The van der Waals surface area contributed by atoms with Crippen LogP contribution in [0, 0.1) is 11.3 Å². The summed E-state index contributed by atoms with van der Waals surface area (Å²) >= 11 is 1.22. The maximum Gasteiger partial charge on any atom is 0.251 e. The molecule has 2 aliphatic rings. The van der Waals surface area contributed by atoms with Gasteiger partial charge in [-0.25, -0.2) is 28.4 Å². The molecule has 5 heterocycles. The third-order valence-corrected chi connectivity index (χ3v) is 12.5. The van der Waals surface area contributed by atoms with Crippen LogP contribution in [0.3, 0.4) is 0 Å². The number of sulfone groups is 1. The van der Waals surface area contributed by atoms with Crippen LogP contribution in [0.15, 0.2) is 40.9 Å². The van der Waals surface area contributed by atoms with Crippen LogP contribution >= 0.6 is 11.3 Å². The molecule has 2 fully saturated rings. The normalized spacial score (nSPS) is 19.7. The Morgan fingerprint density at radius 2 is 1.84 bits per heavy atom. The zero-order chi connectivity index (χ0) is 31.7. The monoisotopic (exact) mass is 649 g/mol. The van der Waals surface area contributed by atoms with Crippen molar-refractivity contribution in [3.8, 4) is 11.4 Å². The highest BCUT2D eigenvalue weighted by Crippen LogP contribution is 2.40. The molecule has 0 radical (unpaired) electrons. The molecular weight excluding hydrogens is 615 g/mol. The van der Waals surface area contributed by atoms with Gasteiger partial charge < -0.3 is 31.4 Å². The summed E-state index contributed by atoms with van der Waals surface area (Å²) in [6.45, 7) is 5.46. The highest BCUT2D eigenvalue weighted by Gasteiger charge is 2.36. The number of nitrogens with zero attached hydrogens (tertiary/aromatic N) is 6. The number of morpholine rings is 1. The molecule has 0 spiro atoms.